The van der Waals surface area contributed by atoms with Crippen molar-refractivity contribution in [2.75, 3.05) is 12.8 Å². The van der Waals surface area contributed by atoms with Gasteiger partial charge < -0.3 is 5.32 Å². The van der Waals surface area contributed by atoms with Crippen molar-refractivity contribution in [3.05, 3.63) is 64.7 Å². The maximum atomic E-state index is 6.26. The zero-order valence-corrected chi connectivity index (χ0v) is 12.8. The Kier molecular flexibility index (Phi) is 5.32. The number of hydrogen-bond donors (Lipinski definition) is 1. The molecule has 1 nitrogen and oxygen atoms in total. The summed E-state index contributed by atoms with van der Waals surface area (Å²) in [6.07, 6.45) is 0. The van der Waals surface area contributed by atoms with Crippen LogP contribution in [-0.2, 0) is 0 Å². The van der Waals surface area contributed by atoms with Gasteiger partial charge in [0, 0.05) is 21.7 Å². The lowest BCUT2D eigenvalue weighted by Gasteiger charge is -2.17. The number of benzene rings is 2. The molecule has 0 amide bonds. The summed E-state index contributed by atoms with van der Waals surface area (Å²) in [6.45, 7) is 2.12. The minimum Gasteiger partial charge on any atom is -0.312 e. The quantitative estimate of drug-likeness (QED) is 0.801. The molecule has 2 aromatic carbocycles. The number of hydrogen-bond acceptors (Lipinski definition) is 2. The summed E-state index contributed by atoms with van der Waals surface area (Å²) in [6, 6.07) is 16.9. The van der Waals surface area contributed by atoms with Crippen molar-refractivity contribution in [1.82, 2.24) is 5.32 Å². The molecule has 0 aliphatic rings. The summed E-state index contributed by atoms with van der Waals surface area (Å²) in [7, 11) is 1.98. The highest BCUT2D eigenvalue weighted by Gasteiger charge is 2.12. The van der Waals surface area contributed by atoms with Crippen LogP contribution in [-0.4, -0.2) is 12.8 Å². The van der Waals surface area contributed by atoms with Gasteiger partial charge in [-0.25, -0.2) is 0 Å². The lowest BCUT2D eigenvalue weighted by Crippen LogP contribution is -2.19. The summed E-state index contributed by atoms with van der Waals surface area (Å²) in [5.74, 6) is 0.962. The highest BCUT2D eigenvalue weighted by Crippen LogP contribution is 2.28. The third kappa shape index (κ3) is 4.00. The van der Waals surface area contributed by atoms with Gasteiger partial charge in [0.2, 0.25) is 0 Å². The van der Waals surface area contributed by atoms with Gasteiger partial charge in [0.1, 0.15) is 0 Å². The summed E-state index contributed by atoms with van der Waals surface area (Å²) < 4.78 is 0. The first-order valence-electron chi connectivity index (χ1n) is 6.32. The Labute approximate surface area is 124 Å². The van der Waals surface area contributed by atoms with Gasteiger partial charge in [-0.15, -0.1) is 11.8 Å². The smallest absolute Gasteiger partial charge is 0.0454 e. The predicted octanol–water partition coefficient (Wildman–Crippen LogP) is 4.70. The van der Waals surface area contributed by atoms with Gasteiger partial charge in [-0.3, -0.25) is 0 Å². The average molecular weight is 292 g/mol. The summed E-state index contributed by atoms with van der Waals surface area (Å²) in [4.78, 5) is 1.30. The Bertz CT molecular complexity index is 542. The monoisotopic (exact) mass is 291 g/mol. The van der Waals surface area contributed by atoms with E-state index < -0.39 is 0 Å². The maximum absolute atomic E-state index is 6.26. The number of halogens is 1. The second-order valence-electron chi connectivity index (χ2n) is 4.49. The van der Waals surface area contributed by atoms with E-state index in [4.69, 9.17) is 11.6 Å². The zero-order valence-electron chi connectivity index (χ0n) is 11.2. The van der Waals surface area contributed by atoms with Gasteiger partial charge in [-0.05, 0) is 37.7 Å². The van der Waals surface area contributed by atoms with Crippen LogP contribution in [0.15, 0.2) is 53.4 Å². The first-order chi connectivity index (χ1) is 9.20. The minimum atomic E-state index is 0.263. The van der Waals surface area contributed by atoms with Crippen molar-refractivity contribution in [3.8, 4) is 0 Å². The van der Waals surface area contributed by atoms with Crippen molar-refractivity contribution in [2.45, 2.75) is 17.9 Å². The molecule has 0 radical (unpaired) electrons. The molecule has 1 N–H and O–H groups in total. The summed E-state index contributed by atoms with van der Waals surface area (Å²) >= 11 is 8.11. The van der Waals surface area contributed by atoms with Crippen molar-refractivity contribution in [2.24, 2.45) is 0 Å². The molecule has 19 heavy (non-hydrogen) atoms. The van der Waals surface area contributed by atoms with Gasteiger partial charge in [-0.2, -0.15) is 0 Å². The third-order valence-corrected chi connectivity index (χ3v) is 4.47. The first-order valence-corrected chi connectivity index (χ1v) is 7.68. The topological polar surface area (TPSA) is 12.0 Å². The lowest BCUT2D eigenvalue weighted by molar-refractivity contribution is 0.662. The lowest BCUT2D eigenvalue weighted by atomic mass is 10.1. The van der Waals surface area contributed by atoms with Crippen LogP contribution in [0.2, 0.25) is 5.02 Å². The van der Waals surface area contributed by atoms with Crippen LogP contribution >= 0.6 is 23.4 Å². The van der Waals surface area contributed by atoms with Gasteiger partial charge >= 0.3 is 0 Å². The third-order valence-electron chi connectivity index (χ3n) is 3.04. The molecule has 0 heterocycles. The Morgan fingerprint density at radius 3 is 2.63 bits per heavy atom. The van der Waals surface area contributed by atoms with E-state index in [1.807, 2.05) is 37.0 Å². The SMILES string of the molecule is CNC(CSc1cccc(C)c1)c1ccccc1Cl. The highest BCUT2D eigenvalue weighted by atomic mass is 35.5. The molecular weight excluding hydrogens is 274 g/mol. The Hall–Kier alpha value is -0.960. The summed E-state index contributed by atoms with van der Waals surface area (Å²) in [5, 5.41) is 4.16. The average Bonchev–Trinajstić information content (AvgIpc) is 2.41. The van der Waals surface area contributed by atoms with E-state index in [-0.39, 0.29) is 6.04 Å². The van der Waals surface area contributed by atoms with Gasteiger partial charge in [0.05, 0.1) is 0 Å². The van der Waals surface area contributed by atoms with Crippen LogP contribution in [0.4, 0.5) is 0 Å². The van der Waals surface area contributed by atoms with E-state index >= 15 is 0 Å². The highest BCUT2D eigenvalue weighted by molar-refractivity contribution is 7.99. The van der Waals surface area contributed by atoms with Crippen LogP contribution in [0.1, 0.15) is 17.2 Å². The number of thioether (sulfide) groups is 1. The molecule has 2 aromatic rings. The maximum Gasteiger partial charge on any atom is 0.0454 e. The zero-order chi connectivity index (χ0) is 13.7. The second kappa shape index (κ2) is 6.99. The molecule has 2 rings (SSSR count). The molecule has 0 bridgehead atoms. The van der Waals surface area contributed by atoms with E-state index in [2.05, 4.69) is 42.6 Å². The van der Waals surface area contributed by atoms with E-state index in [0.717, 1.165) is 16.3 Å². The van der Waals surface area contributed by atoms with Gasteiger partial charge in [0.15, 0.2) is 0 Å². The predicted molar refractivity (Wildman–Crippen MR) is 85.2 cm³/mol. The van der Waals surface area contributed by atoms with E-state index in [9.17, 15) is 0 Å². The fourth-order valence-electron chi connectivity index (χ4n) is 1.97. The number of nitrogens with one attached hydrogen (secondary N) is 1. The Balaban J connectivity index is 2.06. The molecule has 0 saturated heterocycles. The van der Waals surface area contributed by atoms with Gasteiger partial charge in [0.25, 0.3) is 0 Å². The van der Waals surface area contributed by atoms with Crippen LogP contribution in [0.5, 0.6) is 0 Å². The number of rotatable bonds is 5. The fourth-order valence-corrected chi connectivity index (χ4v) is 3.39. The first kappa shape index (κ1) is 14.4. The van der Waals surface area contributed by atoms with Crippen LogP contribution < -0.4 is 5.32 Å². The van der Waals surface area contributed by atoms with Crippen LogP contribution in [0, 0.1) is 6.92 Å². The Morgan fingerprint density at radius 2 is 1.95 bits per heavy atom. The van der Waals surface area contributed by atoms with E-state index in [1.54, 1.807) is 0 Å². The molecular formula is C16H18ClNS. The van der Waals surface area contributed by atoms with Crippen molar-refractivity contribution < 1.29 is 0 Å². The standard InChI is InChI=1S/C16H18ClNS/c1-12-6-5-7-13(10-12)19-11-16(18-2)14-8-3-4-9-15(14)17/h3-10,16,18H,11H2,1-2H3. The minimum absolute atomic E-state index is 0.263. The van der Waals surface area contributed by atoms with Crippen molar-refractivity contribution in [1.29, 1.82) is 0 Å². The molecule has 100 valence electrons. The molecule has 0 aliphatic carbocycles. The second-order valence-corrected chi connectivity index (χ2v) is 5.99. The number of aryl methyl sites for hydroxylation is 1. The summed E-state index contributed by atoms with van der Waals surface area (Å²) in [5.41, 5.74) is 2.45. The van der Waals surface area contributed by atoms with Crippen LogP contribution in [0.25, 0.3) is 0 Å². The normalized spacial score (nSPS) is 12.4. The van der Waals surface area contributed by atoms with Gasteiger partial charge in [-0.1, -0.05) is 47.5 Å². The Morgan fingerprint density at radius 1 is 1.16 bits per heavy atom. The molecule has 0 aliphatic heterocycles. The molecule has 0 saturated carbocycles. The van der Waals surface area contributed by atoms with E-state index in [0.29, 0.717) is 0 Å². The fraction of sp³-hybridized carbons (Fsp3) is 0.250. The molecule has 0 aromatic heterocycles. The van der Waals surface area contributed by atoms with Crippen LogP contribution in [0.3, 0.4) is 0 Å². The van der Waals surface area contributed by atoms with Crippen molar-refractivity contribution in [3.63, 3.8) is 0 Å². The van der Waals surface area contributed by atoms with Crippen molar-refractivity contribution >= 4 is 23.4 Å². The largest absolute Gasteiger partial charge is 0.312 e. The molecule has 1 unspecified atom stereocenters. The molecule has 0 fully saturated rings. The molecule has 0 spiro atoms. The molecule has 3 heteroatoms. The molecule has 1 atom stereocenters. The van der Waals surface area contributed by atoms with E-state index in [1.165, 1.54) is 10.5 Å².